The molecule has 0 atom stereocenters. The molecule has 0 spiro atoms. The highest BCUT2D eigenvalue weighted by Crippen LogP contribution is 2.28. The monoisotopic (exact) mass is 266 g/mol. The Labute approximate surface area is 113 Å². The second-order valence-corrected chi connectivity index (χ2v) is 4.73. The van der Waals surface area contributed by atoms with Crippen LogP contribution in [0.2, 0.25) is 0 Å². The summed E-state index contributed by atoms with van der Waals surface area (Å²) in [4.78, 5) is 2.32. The van der Waals surface area contributed by atoms with Gasteiger partial charge in [0.1, 0.15) is 0 Å². The lowest BCUT2D eigenvalue weighted by atomic mass is 10.1. The Hall–Kier alpha value is -1.19. The minimum atomic E-state index is -0.138. The fourth-order valence-electron chi connectivity index (χ4n) is 2.22. The maximum atomic E-state index is 9.55. The van der Waals surface area contributed by atoms with E-state index in [0.717, 1.165) is 38.2 Å². The number of hydrogen-bond acceptors (Lipinski definition) is 3. The van der Waals surface area contributed by atoms with Crippen molar-refractivity contribution in [3.63, 3.8) is 0 Å². The molecule has 1 aliphatic heterocycles. The first-order chi connectivity index (χ1) is 8.81. The molecule has 18 heavy (non-hydrogen) atoms. The van der Waals surface area contributed by atoms with Crippen LogP contribution < -0.4 is 10.2 Å². The molecule has 1 aliphatic rings. The van der Waals surface area contributed by atoms with Gasteiger partial charge in [-0.1, -0.05) is 29.8 Å². The quantitative estimate of drug-likeness (QED) is 0.880. The van der Waals surface area contributed by atoms with Crippen LogP contribution >= 0.6 is 11.6 Å². The Morgan fingerprint density at radius 3 is 2.78 bits per heavy atom. The number of rotatable bonds is 4. The van der Waals surface area contributed by atoms with Crippen LogP contribution in [0, 0.1) is 0 Å². The zero-order valence-electron chi connectivity index (χ0n) is 10.3. The molecule has 0 radical (unpaired) electrons. The normalized spacial score (nSPS) is 17.3. The molecule has 1 heterocycles. The van der Waals surface area contributed by atoms with E-state index in [9.17, 15) is 5.11 Å². The van der Waals surface area contributed by atoms with Gasteiger partial charge >= 0.3 is 0 Å². The predicted molar refractivity (Wildman–Crippen MR) is 77.4 cm³/mol. The van der Waals surface area contributed by atoms with E-state index in [-0.39, 0.29) is 6.10 Å². The number of piperidine rings is 1. The summed E-state index contributed by atoms with van der Waals surface area (Å²) < 4.78 is 0. The topological polar surface area (TPSA) is 35.5 Å². The molecule has 2 rings (SSSR count). The van der Waals surface area contributed by atoms with Gasteiger partial charge in [-0.2, -0.15) is 0 Å². The van der Waals surface area contributed by atoms with Crippen molar-refractivity contribution in [2.24, 2.45) is 0 Å². The van der Waals surface area contributed by atoms with E-state index in [1.165, 1.54) is 11.2 Å². The molecule has 0 aliphatic carbocycles. The number of hydrogen-bond donors (Lipinski definition) is 2. The van der Waals surface area contributed by atoms with Crippen LogP contribution in [-0.4, -0.2) is 30.8 Å². The Bertz CT molecular complexity index is 401. The molecule has 0 unspecified atom stereocenters. The number of nitrogens with zero attached hydrogens (tertiary/aromatic N) is 1. The molecular weight excluding hydrogens is 248 g/mol. The molecule has 1 aromatic carbocycles. The SMILES string of the molecule is OC1CCN(c2ccccc2NC/C=C/Cl)CC1. The minimum Gasteiger partial charge on any atom is -0.393 e. The van der Waals surface area contributed by atoms with Crippen LogP contribution in [0.1, 0.15) is 12.8 Å². The summed E-state index contributed by atoms with van der Waals surface area (Å²) >= 11 is 5.51. The van der Waals surface area contributed by atoms with Crippen LogP contribution in [0.25, 0.3) is 0 Å². The highest BCUT2D eigenvalue weighted by molar-refractivity contribution is 6.25. The van der Waals surface area contributed by atoms with E-state index in [1.807, 2.05) is 18.2 Å². The van der Waals surface area contributed by atoms with Crippen molar-refractivity contribution < 1.29 is 5.11 Å². The summed E-state index contributed by atoms with van der Waals surface area (Å²) in [7, 11) is 0. The molecule has 0 amide bonds. The number of aliphatic hydroxyl groups is 1. The standard InChI is InChI=1S/C14H19ClN2O/c15-8-3-9-16-13-4-1-2-5-14(13)17-10-6-12(18)7-11-17/h1-5,8,12,16,18H,6-7,9-11H2/b8-3+. The highest BCUT2D eigenvalue weighted by Gasteiger charge is 2.18. The summed E-state index contributed by atoms with van der Waals surface area (Å²) in [6.07, 6.45) is 3.42. The van der Waals surface area contributed by atoms with E-state index in [1.54, 1.807) is 0 Å². The van der Waals surface area contributed by atoms with Gasteiger partial charge < -0.3 is 15.3 Å². The summed E-state index contributed by atoms with van der Waals surface area (Å²) in [5, 5.41) is 12.9. The average Bonchev–Trinajstić information content (AvgIpc) is 2.41. The van der Waals surface area contributed by atoms with Crippen LogP contribution in [0.3, 0.4) is 0 Å². The lowest BCUT2D eigenvalue weighted by Gasteiger charge is -2.32. The van der Waals surface area contributed by atoms with Gasteiger partial charge in [-0.05, 0) is 25.0 Å². The van der Waals surface area contributed by atoms with Crippen molar-refractivity contribution in [3.05, 3.63) is 35.9 Å². The van der Waals surface area contributed by atoms with Gasteiger partial charge in [-0.15, -0.1) is 0 Å². The smallest absolute Gasteiger partial charge is 0.0602 e. The summed E-state index contributed by atoms with van der Waals surface area (Å²) in [5.74, 6) is 0. The van der Waals surface area contributed by atoms with Gasteiger partial charge in [0, 0.05) is 25.2 Å². The largest absolute Gasteiger partial charge is 0.393 e. The zero-order valence-corrected chi connectivity index (χ0v) is 11.1. The number of nitrogens with one attached hydrogen (secondary N) is 1. The average molecular weight is 267 g/mol. The van der Waals surface area contributed by atoms with Crippen LogP contribution in [0.5, 0.6) is 0 Å². The van der Waals surface area contributed by atoms with Crippen molar-refractivity contribution in [1.82, 2.24) is 0 Å². The molecule has 3 nitrogen and oxygen atoms in total. The van der Waals surface area contributed by atoms with Crippen LogP contribution in [0.15, 0.2) is 35.9 Å². The molecule has 0 bridgehead atoms. The Morgan fingerprint density at radius 2 is 2.06 bits per heavy atom. The Kier molecular flexibility index (Phi) is 4.90. The molecule has 0 aromatic heterocycles. The molecule has 4 heteroatoms. The Balaban J connectivity index is 2.06. The lowest BCUT2D eigenvalue weighted by molar-refractivity contribution is 0.145. The van der Waals surface area contributed by atoms with E-state index in [2.05, 4.69) is 22.3 Å². The highest BCUT2D eigenvalue weighted by atomic mass is 35.5. The first-order valence-corrected chi connectivity index (χ1v) is 6.76. The van der Waals surface area contributed by atoms with Crippen LogP contribution in [0.4, 0.5) is 11.4 Å². The third kappa shape index (κ3) is 3.40. The van der Waals surface area contributed by atoms with E-state index < -0.39 is 0 Å². The first-order valence-electron chi connectivity index (χ1n) is 6.32. The van der Waals surface area contributed by atoms with Crippen molar-refractivity contribution in [2.45, 2.75) is 18.9 Å². The predicted octanol–water partition coefficient (Wildman–Crippen LogP) is 2.81. The summed E-state index contributed by atoms with van der Waals surface area (Å²) in [5.41, 5.74) is 3.84. The van der Waals surface area contributed by atoms with Crippen molar-refractivity contribution in [3.8, 4) is 0 Å². The number of para-hydroxylation sites is 2. The van der Waals surface area contributed by atoms with Crippen molar-refractivity contribution >= 4 is 23.0 Å². The molecule has 2 N–H and O–H groups in total. The second-order valence-electron chi connectivity index (χ2n) is 4.48. The van der Waals surface area contributed by atoms with Gasteiger partial charge in [0.05, 0.1) is 17.5 Å². The third-order valence-electron chi connectivity index (χ3n) is 3.21. The van der Waals surface area contributed by atoms with Gasteiger partial charge in [-0.3, -0.25) is 0 Å². The molecule has 0 saturated carbocycles. The maximum absolute atomic E-state index is 9.55. The molecule has 1 saturated heterocycles. The maximum Gasteiger partial charge on any atom is 0.0602 e. The van der Waals surface area contributed by atoms with Gasteiger partial charge in [-0.25, -0.2) is 0 Å². The number of benzene rings is 1. The van der Waals surface area contributed by atoms with Gasteiger partial charge in [0.15, 0.2) is 0 Å². The number of anilines is 2. The first kappa shape index (κ1) is 13.2. The van der Waals surface area contributed by atoms with E-state index >= 15 is 0 Å². The summed E-state index contributed by atoms with van der Waals surface area (Å²) in [6, 6.07) is 8.25. The minimum absolute atomic E-state index is 0.138. The van der Waals surface area contributed by atoms with Crippen LogP contribution in [-0.2, 0) is 0 Å². The van der Waals surface area contributed by atoms with Crippen molar-refractivity contribution in [2.75, 3.05) is 29.9 Å². The third-order valence-corrected chi connectivity index (χ3v) is 3.39. The van der Waals surface area contributed by atoms with E-state index in [0.29, 0.717) is 0 Å². The molecular formula is C14H19ClN2O. The molecule has 98 valence electrons. The van der Waals surface area contributed by atoms with Gasteiger partial charge in [0.2, 0.25) is 0 Å². The zero-order chi connectivity index (χ0) is 12.8. The molecule has 1 aromatic rings. The van der Waals surface area contributed by atoms with Gasteiger partial charge in [0.25, 0.3) is 0 Å². The number of halogens is 1. The fourth-order valence-corrected chi connectivity index (χ4v) is 2.31. The summed E-state index contributed by atoms with van der Waals surface area (Å²) in [6.45, 7) is 2.54. The second kappa shape index (κ2) is 6.66. The number of aliphatic hydroxyl groups excluding tert-OH is 1. The Morgan fingerprint density at radius 1 is 1.33 bits per heavy atom. The lowest BCUT2D eigenvalue weighted by Crippen LogP contribution is -2.36. The molecule has 1 fully saturated rings. The van der Waals surface area contributed by atoms with Crippen molar-refractivity contribution in [1.29, 1.82) is 0 Å². The fraction of sp³-hybridized carbons (Fsp3) is 0.429. The van der Waals surface area contributed by atoms with E-state index in [4.69, 9.17) is 11.6 Å².